The minimum absolute atomic E-state index is 0.190. The van der Waals surface area contributed by atoms with Crippen LogP contribution in [0, 0.1) is 6.92 Å². The molecule has 0 spiro atoms. The number of fused-ring (bicyclic) bond motifs is 2. The highest BCUT2D eigenvalue weighted by molar-refractivity contribution is 6.00. The van der Waals surface area contributed by atoms with E-state index in [0.717, 1.165) is 34.2 Å². The minimum Gasteiger partial charge on any atom is -0.496 e. The summed E-state index contributed by atoms with van der Waals surface area (Å²) >= 11 is 0. The molecule has 27 heavy (non-hydrogen) atoms. The first-order valence-corrected chi connectivity index (χ1v) is 9.26. The number of hydrogen-bond donors (Lipinski definition) is 0. The first-order valence-electron chi connectivity index (χ1n) is 9.26. The van der Waals surface area contributed by atoms with E-state index in [4.69, 9.17) is 4.74 Å². The van der Waals surface area contributed by atoms with Crippen molar-refractivity contribution in [1.82, 2.24) is 4.90 Å². The predicted molar refractivity (Wildman–Crippen MR) is 106 cm³/mol. The number of ether oxygens (including phenoxy) is 1. The number of aryl methyl sites for hydroxylation is 1. The van der Waals surface area contributed by atoms with E-state index in [9.17, 15) is 8.78 Å². The number of hydrogen-bond acceptors (Lipinski definition) is 2. The highest BCUT2D eigenvalue weighted by atomic mass is 19.3. The van der Waals surface area contributed by atoms with Crippen molar-refractivity contribution >= 4 is 10.8 Å². The Labute approximate surface area is 158 Å². The summed E-state index contributed by atoms with van der Waals surface area (Å²) in [5.74, 6) is 0.793. The lowest BCUT2D eigenvalue weighted by atomic mass is 9.87. The molecule has 4 heteroatoms. The van der Waals surface area contributed by atoms with E-state index in [0.29, 0.717) is 13.1 Å². The molecule has 140 valence electrons. The summed E-state index contributed by atoms with van der Waals surface area (Å²) in [6, 6.07) is 16.7. The van der Waals surface area contributed by atoms with Crippen molar-refractivity contribution in [1.29, 1.82) is 0 Å². The van der Waals surface area contributed by atoms with Gasteiger partial charge in [0.05, 0.1) is 13.7 Å². The van der Waals surface area contributed by atoms with Crippen molar-refractivity contribution in [2.75, 3.05) is 20.2 Å². The maximum atomic E-state index is 13.0. The first kappa shape index (κ1) is 17.9. The Bertz CT molecular complexity index is 984. The van der Waals surface area contributed by atoms with E-state index in [1.165, 1.54) is 16.5 Å². The molecule has 3 aromatic rings. The van der Waals surface area contributed by atoms with Crippen LogP contribution in [-0.2, 0) is 13.0 Å². The molecule has 0 saturated heterocycles. The standard InChI is InChI=1S/C23H23F2NO/c1-15-5-3-7-18-17(15)6-4-8-19(18)23-20-13-26(14-22(24)25)12-11-16(20)9-10-21(23)27-2/h3-10,22H,11-14H2,1-2H3. The lowest BCUT2D eigenvalue weighted by molar-refractivity contribution is 0.0821. The van der Waals surface area contributed by atoms with Crippen molar-refractivity contribution < 1.29 is 13.5 Å². The fourth-order valence-electron chi connectivity index (χ4n) is 4.17. The van der Waals surface area contributed by atoms with Gasteiger partial charge < -0.3 is 4.74 Å². The fraction of sp³-hybridized carbons (Fsp3) is 0.304. The maximum absolute atomic E-state index is 13.0. The Morgan fingerprint density at radius 1 is 1.04 bits per heavy atom. The van der Waals surface area contributed by atoms with Gasteiger partial charge >= 0.3 is 0 Å². The summed E-state index contributed by atoms with van der Waals surface area (Å²) in [4.78, 5) is 1.84. The van der Waals surface area contributed by atoms with E-state index in [1.54, 1.807) is 7.11 Å². The molecule has 2 nitrogen and oxygen atoms in total. The Morgan fingerprint density at radius 3 is 2.59 bits per heavy atom. The first-order chi connectivity index (χ1) is 13.1. The summed E-state index contributed by atoms with van der Waals surface area (Å²) in [6.07, 6.45) is -1.54. The molecular formula is C23H23F2NO. The average Bonchev–Trinajstić information content (AvgIpc) is 2.66. The van der Waals surface area contributed by atoms with Crippen LogP contribution < -0.4 is 4.74 Å². The molecule has 0 atom stereocenters. The lowest BCUT2D eigenvalue weighted by Gasteiger charge is -2.31. The van der Waals surface area contributed by atoms with Crippen molar-refractivity contribution in [2.24, 2.45) is 0 Å². The zero-order valence-corrected chi connectivity index (χ0v) is 15.6. The van der Waals surface area contributed by atoms with E-state index in [-0.39, 0.29) is 6.54 Å². The molecule has 0 unspecified atom stereocenters. The van der Waals surface area contributed by atoms with Crippen LogP contribution in [0.25, 0.3) is 21.9 Å². The van der Waals surface area contributed by atoms with Gasteiger partial charge in [-0.05, 0) is 52.4 Å². The van der Waals surface area contributed by atoms with Gasteiger partial charge in [0.15, 0.2) is 0 Å². The summed E-state index contributed by atoms with van der Waals surface area (Å²) in [5.41, 5.74) is 5.68. The molecule has 0 aromatic heterocycles. The van der Waals surface area contributed by atoms with Gasteiger partial charge in [-0.15, -0.1) is 0 Å². The number of rotatable bonds is 4. The predicted octanol–water partition coefficient (Wildman–Crippen LogP) is 5.45. The molecule has 0 saturated carbocycles. The third kappa shape index (κ3) is 3.30. The summed E-state index contributed by atoms with van der Waals surface area (Å²) in [7, 11) is 1.67. The van der Waals surface area contributed by atoms with Crippen molar-refractivity contribution in [3.63, 3.8) is 0 Å². The summed E-state index contributed by atoms with van der Waals surface area (Å²) < 4.78 is 31.6. The van der Waals surface area contributed by atoms with Gasteiger partial charge in [0.2, 0.25) is 0 Å². The number of halogens is 2. The number of alkyl halides is 2. The number of nitrogens with zero attached hydrogens (tertiary/aromatic N) is 1. The normalized spacial score (nSPS) is 14.6. The maximum Gasteiger partial charge on any atom is 0.251 e. The van der Waals surface area contributed by atoms with Gasteiger partial charge in [-0.3, -0.25) is 4.90 Å². The van der Waals surface area contributed by atoms with Crippen molar-refractivity contribution in [3.05, 3.63) is 65.2 Å². The topological polar surface area (TPSA) is 12.5 Å². The second kappa shape index (κ2) is 7.28. The smallest absolute Gasteiger partial charge is 0.251 e. The molecule has 0 radical (unpaired) electrons. The Morgan fingerprint density at radius 2 is 1.81 bits per heavy atom. The Balaban J connectivity index is 1.92. The number of methoxy groups -OCH3 is 1. The second-order valence-corrected chi connectivity index (χ2v) is 7.13. The van der Waals surface area contributed by atoms with Crippen LogP contribution in [0.15, 0.2) is 48.5 Å². The van der Waals surface area contributed by atoms with Crippen LogP contribution in [0.3, 0.4) is 0 Å². The third-order valence-electron chi connectivity index (χ3n) is 5.48. The highest BCUT2D eigenvalue weighted by Crippen LogP contribution is 2.41. The van der Waals surface area contributed by atoms with E-state index in [1.807, 2.05) is 11.0 Å². The molecule has 0 fully saturated rings. The highest BCUT2D eigenvalue weighted by Gasteiger charge is 2.25. The van der Waals surface area contributed by atoms with Crippen LogP contribution in [0.2, 0.25) is 0 Å². The molecule has 1 heterocycles. The monoisotopic (exact) mass is 367 g/mol. The van der Waals surface area contributed by atoms with Gasteiger partial charge in [-0.2, -0.15) is 0 Å². The molecule has 0 aliphatic carbocycles. The third-order valence-corrected chi connectivity index (χ3v) is 5.48. The van der Waals surface area contributed by atoms with Crippen LogP contribution in [0.4, 0.5) is 8.78 Å². The largest absolute Gasteiger partial charge is 0.496 e. The van der Waals surface area contributed by atoms with Crippen LogP contribution in [0.1, 0.15) is 16.7 Å². The molecule has 0 N–H and O–H groups in total. The van der Waals surface area contributed by atoms with Crippen LogP contribution in [-0.4, -0.2) is 31.5 Å². The molecule has 3 aromatic carbocycles. The van der Waals surface area contributed by atoms with Crippen LogP contribution in [0.5, 0.6) is 5.75 Å². The molecule has 1 aliphatic heterocycles. The molecule has 0 bridgehead atoms. The van der Waals surface area contributed by atoms with Gasteiger partial charge in [-0.25, -0.2) is 8.78 Å². The van der Waals surface area contributed by atoms with E-state index < -0.39 is 6.43 Å². The van der Waals surface area contributed by atoms with Gasteiger partial charge in [0.1, 0.15) is 5.75 Å². The SMILES string of the molecule is COc1ccc2c(c1-c1cccc3c(C)cccc13)CN(CC(F)F)CC2. The minimum atomic E-state index is -2.32. The van der Waals surface area contributed by atoms with E-state index >= 15 is 0 Å². The summed E-state index contributed by atoms with van der Waals surface area (Å²) in [5, 5.41) is 2.37. The van der Waals surface area contributed by atoms with Gasteiger partial charge in [0, 0.05) is 18.7 Å². The molecule has 0 amide bonds. The van der Waals surface area contributed by atoms with Crippen molar-refractivity contribution in [3.8, 4) is 16.9 Å². The van der Waals surface area contributed by atoms with Gasteiger partial charge in [-0.1, -0.05) is 42.5 Å². The van der Waals surface area contributed by atoms with Crippen molar-refractivity contribution in [2.45, 2.75) is 26.3 Å². The second-order valence-electron chi connectivity index (χ2n) is 7.13. The zero-order chi connectivity index (χ0) is 19.0. The molecule has 4 rings (SSSR count). The van der Waals surface area contributed by atoms with E-state index in [2.05, 4.69) is 49.4 Å². The average molecular weight is 367 g/mol. The molecular weight excluding hydrogens is 344 g/mol. The number of benzene rings is 3. The molecule has 1 aliphatic rings. The quantitative estimate of drug-likeness (QED) is 0.608. The van der Waals surface area contributed by atoms with Gasteiger partial charge in [0.25, 0.3) is 6.43 Å². The van der Waals surface area contributed by atoms with Crippen LogP contribution >= 0.6 is 0 Å². The zero-order valence-electron chi connectivity index (χ0n) is 15.6. The lowest BCUT2D eigenvalue weighted by Crippen LogP contribution is -2.34. The Hall–Kier alpha value is -2.46. The fourth-order valence-corrected chi connectivity index (χ4v) is 4.17. The Kier molecular flexibility index (Phi) is 4.83. The summed E-state index contributed by atoms with van der Waals surface area (Å²) in [6.45, 7) is 3.10.